The number of nitrogens with zero attached hydrogens (tertiary/aromatic N) is 3. The van der Waals surface area contributed by atoms with Crippen molar-refractivity contribution in [2.45, 2.75) is 25.9 Å². The van der Waals surface area contributed by atoms with Crippen LogP contribution in [0.2, 0.25) is 0 Å². The van der Waals surface area contributed by atoms with E-state index in [1.807, 2.05) is 6.20 Å². The molecule has 0 unspecified atom stereocenters. The van der Waals surface area contributed by atoms with Gasteiger partial charge in [0.05, 0.1) is 11.8 Å². The average Bonchev–Trinajstić information content (AvgIpc) is 3.17. The largest absolute Gasteiger partial charge is 0.392 e. The minimum absolute atomic E-state index is 0.0467. The van der Waals surface area contributed by atoms with Crippen LogP contribution in [0.3, 0.4) is 0 Å². The third-order valence-corrected chi connectivity index (χ3v) is 5.48. The maximum Gasteiger partial charge on any atom is 0.392 e. The Bertz CT molecular complexity index is 552. The van der Waals surface area contributed by atoms with Crippen LogP contribution >= 0.6 is 11.3 Å². The summed E-state index contributed by atoms with van der Waals surface area (Å²) in [7, 11) is 0. The monoisotopic (exact) mass is 333 g/mol. The number of carbonyl (C=O) groups excluding carboxylic acids is 1. The van der Waals surface area contributed by atoms with E-state index in [0.717, 1.165) is 11.6 Å². The zero-order chi connectivity index (χ0) is 15.9. The van der Waals surface area contributed by atoms with Gasteiger partial charge in [-0.05, 0) is 12.8 Å². The Morgan fingerprint density at radius 2 is 2.05 bits per heavy atom. The van der Waals surface area contributed by atoms with Crippen molar-refractivity contribution in [2.75, 3.05) is 31.1 Å². The molecule has 1 aliphatic heterocycles. The highest BCUT2D eigenvalue weighted by Gasteiger charge is 2.59. The number of piperazine rings is 1. The Kier molecular flexibility index (Phi) is 4.05. The first-order chi connectivity index (χ1) is 10.4. The van der Waals surface area contributed by atoms with Gasteiger partial charge in [-0.2, -0.15) is 13.2 Å². The Morgan fingerprint density at radius 3 is 2.55 bits per heavy atom. The topological polar surface area (TPSA) is 36.4 Å². The fourth-order valence-corrected chi connectivity index (χ4v) is 3.69. The van der Waals surface area contributed by atoms with E-state index in [1.165, 1.54) is 4.88 Å². The van der Waals surface area contributed by atoms with Gasteiger partial charge in [-0.3, -0.25) is 4.79 Å². The molecule has 1 saturated carbocycles. The van der Waals surface area contributed by atoms with Gasteiger partial charge in [0.15, 0.2) is 5.13 Å². The summed E-state index contributed by atoms with van der Waals surface area (Å²) in [6.45, 7) is 4.28. The number of rotatable bonds is 3. The second-order valence-electron chi connectivity index (χ2n) is 5.77. The van der Waals surface area contributed by atoms with Gasteiger partial charge in [0.1, 0.15) is 0 Å². The number of alkyl halides is 3. The molecule has 2 atom stereocenters. The van der Waals surface area contributed by atoms with E-state index in [-0.39, 0.29) is 12.3 Å². The molecule has 0 aromatic carbocycles. The lowest BCUT2D eigenvalue weighted by Crippen LogP contribution is -2.49. The van der Waals surface area contributed by atoms with Crippen LogP contribution in [0.4, 0.5) is 18.3 Å². The number of aromatic nitrogens is 1. The van der Waals surface area contributed by atoms with E-state index in [9.17, 15) is 18.0 Å². The van der Waals surface area contributed by atoms with Crippen LogP contribution in [0, 0.1) is 11.8 Å². The Balaban J connectivity index is 1.53. The van der Waals surface area contributed by atoms with Crippen LogP contribution in [0.25, 0.3) is 0 Å². The normalized spacial score (nSPS) is 25.5. The molecular formula is C14H18F3N3OS. The predicted molar refractivity (Wildman–Crippen MR) is 77.9 cm³/mol. The van der Waals surface area contributed by atoms with Crippen molar-refractivity contribution in [2.24, 2.45) is 11.8 Å². The van der Waals surface area contributed by atoms with Crippen molar-refractivity contribution in [3.05, 3.63) is 11.1 Å². The summed E-state index contributed by atoms with van der Waals surface area (Å²) in [5, 5.41) is 0.934. The lowest BCUT2D eigenvalue weighted by Gasteiger charge is -2.34. The molecule has 1 aromatic heterocycles. The number of thiazole rings is 1. The fourth-order valence-electron chi connectivity index (χ4n) is 2.79. The SMILES string of the molecule is CCc1cnc(N2CCN(C(=O)[C@@H]3C[C@H]3C(F)(F)F)CC2)s1. The first kappa shape index (κ1) is 15.6. The van der Waals surface area contributed by atoms with Gasteiger partial charge in [0.25, 0.3) is 0 Å². The van der Waals surface area contributed by atoms with E-state index < -0.39 is 18.0 Å². The van der Waals surface area contributed by atoms with Crippen molar-refractivity contribution in [3.8, 4) is 0 Å². The van der Waals surface area contributed by atoms with Gasteiger partial charge in [-0.15, -0.1) is 11.3 Å². The lowest BCUT2D eigenvalue weighted by atomic mass is 10.2. The number of halogens is 3. The van der Waals surface area contributed by atoms with Gasteiger partial charge in [0.2, 0.25) is 5.91 Å². The van der Waals surface area contributed by atoms with Gasteiger partial charge in [0, 0.05) is 37.3 Å². The molecule has 22 heavy (non-hydrogen) atoms. The second kappa shape index (κ2) is 5.72. The summed E-state index contributed by atoms with van der Waals surface area (Å²) in [6, 6.07) is 0. The number of hydrogen-bond acceptors (Lipinski definition) is 4. The molecule has 2 heterocycles. The summed E-state index contributed by atoms with van der Waals surface area (Å²) in [6.07, 6.45) is -1.49. The van der Waals surface area contributed by atoms with Gasteiger partial charge in [-0.25, -0.2) is 4.98 Å². The van der Waals surface area contributed by atoms with Crippen LogP contribution in [-0.2, 0) is 11.2 Å². The standard InChI is InChI=1S/C14H18F3N3OS/c1-2-9-8-18-13(22-9)20-5-3-19(4-6-20)12(21)10-7-11(10)14(15,16)17/h8,10-11H,2-7H2,1H3/t10-,11-/m1/s1. The number of hydrogen-bond donors (Lipinski definition) is 0. The summed E-state index contributed by atoms with van der Waals surface area (Å²) < 4.78 is 37.7. The molecule has 3 rings (SSSR count). The fraction of sp³-hybridized carbons (Fsp3) is 0.714. The summed E-state index contributed by atoms with van der Waals surface area (Å²) in [4.78, 5) is 21.3. The van der Waals surface area contributed by atoms with E-state index in [0.29, 0.717) is 26.2 Å². The molecule has 8 heteroatoms. The molecule has 1 aromatic rings. The maximum absolute atomic E-state index is 12.6. The molecule has 0 spiro atoms. The Labute approximate surface area is 130 Å². The minimum atomic E-state index is -4.24. The summed E-state index contributed by atoms with van der Waals surface area (Å²) in [5.41, 5.74) is 0. The molecule has 0 radical (unpaired) electrons. The maximum atomic E-state index is 12.6. The van der Waals surface area contributed by atoms with Crippen molar-refractivity contribution in [1.82, 2.24) is 9.88 Å². The van der Waals surface area contributed by atoms with Crippen LogP contribution in [-0.4, -0.2) is 48.1 Å². The molecule has 2 fully saturated rings. The van der Waals surface area contributed by atoms with Crippen LogP contribution in [0.1, 0.15) is 18.2 Å². The molecule has 2 aliphatic rings. The first-order valence-electron chi connectivity index (χ1n) is 7.45. The van der Waals surface area contributed by atoms with Gasteiger partial charge in [-0.1, -0.05) is 6.92 Å². The molecule has 0 bridgehead atoms. The zero-order valence-electron chi connectivity index (χ0n) is 12.3. The van der Waals surface area contributed by atoms with Crippen molar-refractivity contribution < 1.29 is 18.0 Å². The first-order valence-corrected chi connectivity index (χ1v) is 8.27. The summed E-state index contributed by atoms with van der Waals surface area (Å²) in [5.74, 6) is -2.61. The minimum Gasteiger partial charge on any atom is -0.345 e. The molecule has 4 nitrogen and oxygen atoms in total. The van der Waals surface area contributed by atoms with E-state index >= 15 is 0 Å². The quantitative estimate of drug-likeness (QED) is 0.853. The Morgan fingerprint density at radius 1 is 1.36 bits per heavy atom. The highest BCUT2D eigenvalue weighted by Crippen LogP contribution is 2.50. The van der Waals surface area contributed by atoms with Crippen LogP contribution in [0.5, 0.6) is 0 Å². The van der Waals surface area contributed by atoms with Crippen molar-refractivity contribution in [3.63, 3.8) is 0 Å². The molecule has 122 valence electrons. The second-order valence-corrected chi connectivity index (χ2v) is 6.86. The van der Waals surface area contributed by atoms with Crippen LogP contribution < -0.4 is 4.90 Å². The highest BCUT2D eigenvalue weighted by molar-refractivity contribution is 7.15. The average molecular weight is 333 g/mol. The number of amides is 1. The number of anilines is 1. The third-order valence-electron chi connectivity index (χ3n) is 4.28. The highest BCUT2D eigenvalue weighted by atomic mass is 32.1. The Hall–Kier alpha value is -1.31. The van der Waals surface area contributed by atoms with Gasteiger partial charge >= 0.3 is 6.18 Å². The molecule has 1 amide bonds. The lowest BCUT2D eigenvalue weighted by molar-refractivity contribution is -0.157. The predicted octanol–water partition coefficient (Wildman–Crippen LogP) is 2.55. The van der Waals surface area contributed by atoms with Gasteiger partial charge < -0.3 is 9.80 Å². The van der Waals surface area contributed by atoms with Crippen molar-refractivity contribution in [1.29, 1.82) is 0 Å². The van der Waals surface area contributed by atoms with Crippen molar-refractivity contribution >= 4 is 22.4 Å². The number of aryl methyl sites for hydroxylation is 1. The molecule has 1 aliphatic carbocycles. The molecular weight excluding hydrogens is 315 g/mol. The smallest absolute Gasteiger partial charge is 0.345 e. The zero-order valence-corrected chi connectivity index (χ0v) is 13.1. The number of carbonyl (C=O) groups is 1. The van der Waals surface area contributed by atoms with E-state index in [4.69, 9.17) is 0 Å². The molecule has 0 N–H and O–H groups in total. The van der Waals surface area contributed by atoms with Crippen LogP contribution in [0.15, 0.2) is 6.20 Å². The third kappa shape index (κ3) is 3.06. The van der Waals surface area contributed by atoms with E-state index in [1.54, 1.807) is 16.2 Å². The molecule has 1 saturated heterocycles. The summed E-state index contributed by atoms with van der Waals surface area (Å²) >= 11 is 1.63. The van der Waals surface area contributed by atoms with E-state index in [2.05, 4.69) is 16.8 Å².